The van der Waals surface area contributed by atoms with E-state index in [0.29, 0.717) is 26.2 Å². The van der Waals surface area contributed by atoms with Gasteiger partial charge in [-0.1, -0.05) is 6.92 Å². The van der Waals surface area contributed by atoms with Gasteiger partial charge in [0.15, 0.2) is 0 Å². The second kappa shape index (κ2) is 6.76. The van der Waals surface area contributed by atoms with E-state index in [2.05, 4.69) is 10.1 Å². The van der Waals surface area contributed by atoms with Gasteiger partial charge in [-0.05, 0) is 13.0 Å². The summed E-state index contributed by atoms with van der Waals surface area (Å²) >= 11 is 0. The summed E-state index contributed by atoms with van der Waals surface area (Å²) in [5.41, 5.74) is 0. The summed E-state index contributed by atoms with van der Waals surface area (Å²) < 4.78 is 15.1. The number of carbonyl (C=O) groups is 1. The number of hydrogen-bond donors (Lipinski definition) is 1. The van der Waals surface area contributed by atoms with Gasteiger partial charge in [0.25, 0.3) is 0 Å². The van der Waals surface area contributed by atoms with Gasteiger partial charge in [-0.2, -0.15) is 0 Å². The molecule has 0 spiro atoms. The first-order chi connectivity index (χ1) is 7.27. The average Bonchev–Trinajstić information content (AvgIpc) is 2.19. The fraction of sp³-hybridized carbons (Fsp3) is 0.900. The molecule has 5 heteroatoms. The van der Waals surface area contributed by atoms with E-state index in [9.17, 15) is 4.79 Å². The highest BCUT2D eigenvalue weighted by Crippen LogP contribution is 2.06. The van der Waals surface area contributed by atoms with Gasteiger partial charge in [-0.15, -0.1) is 0 Å². The molecule has 1 aliphatic heterocycles. The zero-order valence-electron chi connectivity index (χ0n) is 9.32. The van der Waals surface area contributed by atoms with Crippen molar-refractivity contribution in [2.45, 2.75) is 25.5 Å². The van der Waals surface area contributed by atoms with Crippen molar-refractivity contribution in [2.24, 2.45) is 0 Å². The van der Waals surface area contributed by atoms with Crippen molar-refractivity contribution < 1.29 is 19.0 Å². The molecule has 0 radical (unpaired) electrons. The fourth-order valence-electron chi connectivity index (χ4n) is 1.35. The third-order valence-electron chi connectivity index (χ3n) is 2.30. The van der Waals surface area contributed by atoms with E-state index in [1.54, 1.807) is 0 Å². The van der Waals surface area contributed by atoms with Crippen molar-refractivity contribution in [3.63, 3.8) is 0 Å². The minimum atomic E-state index is -0.263. The highest BCUT2D eigenvalue weighted by molar-refractivity contribution is 5.75. The van der Waals surface area contributed by atoms with Crippen LogP contribution in [0, 0.1) is 0 Å². The molecule has 0 aliphatic carbocycles. The van der Waals surface area contributed by atoms with Gasteiger partial charge in [0.05, 0.1) is 20.3 Å². The smallest absolute Gasteiger partial charge is 0.322 e. The maximum absolute atomic E-state index is 11.3. The highest BCUT2D eigenvalue weighted by Gasteiger charge is 2.21. The third-order valence-corrected chi connectivity index (χ3v) is 2.30. The van der Waals surface area contributed by atoms with Crippen molar-refractivity contribution >= 4 is 5.97 Å². The Kier molecular flexibility index (Phi) is 5.60. The van der Waals surface area contributed by atoms with Crippen LogP contribution in [0.4, 0.5) is 0 Å². The maximum Gasteiger partial charge on any atom is 0.322 e. The number of carbonyl (C=O) groups excluding carboxylic acids is 1. The van der Waals surface area contributed by atoms with Gasteiger partial charge in [0, 0.05) is 6.61 Å². The minimum absolute atomic E-state index is 0.213. The lowest BCUT2D eigenvalue weighted by Crippen LogP contribution is -2.40. The van der Waals surface area contributed by atoms with Crippen LogP contribution in [0.5, 0.6) is 0 Å². The average molecular weight is 217 g/mol. The molecule has 0 aromatic carbocycles. The topological polar surface area (TPSA) is 56.8 Å². The Labute approximate surface area is 90.1 Å². The summed E-state index contributed by atoms with van der Waals surface area (Å²) in [6.45, 7) is 4.60. The molecule has 0 saturated carbocycles. The van der Waals surface area contributed by atoms with Gasteiger partial charge >= 0.3 is 5.97 Å². The molecule has 88 valence electrons. The van der Waals surface area contributed by atoms with E-state index in [4.69, 9.17) is 9.47 Å². The predicted molar refractivity (Wildman–Crippen MR) is 54.7 cm³/mol. The van der Waals surface area contributed by atoms with Crippen molar-refractivity contribution in [1.29, 1.82) is 0 Å². The van der Waals surface area contributed by atoms with Gasteiger partial charge in [0.1, 0.15) is 12.1 Å². The van der Waals surface area contributed by atoms with Crippen molar-refractivity contribution in [3.05, 3.63) is 0 Å². The largest absolute Gasteiger partial charge is 0.468 e. The first-order valence-electron chi connectivity index (χ1n) is 5.28. The summed E-state index contributed by atoms with van der Waals surface area (Å²) in [5, 5.41) is 3.06. The standard InChI is InChI=1S/C10H19NO4/c1-3-11-9(10(12)13-2)4-5-15-8-6-14-7-8/h8-9,11H,3-7H2,1-2H3. The summed E-state index contributed by atoms with van der Waals surface area (Å²) in [4.78, 5) is 11.3. The SMILES string of the molecule is CCNC(CCOC1COC1)C(=O)OC. The number of methoxy groups -OCH3 is 1. The molecule has 0 amide bonds. The number of esters is 1. The van der Waals surface area contributed by atoms with E-state index in [-0.39, 0.29) is 18.1 Å². The molecule has 1 aliphatic rings. The lowest BCUT2D eigenvalue weighted by atomic mass is 10.2. The van der Waals surface area contributed by atoms with Crippen LogP contribution in [0.15, 0.2) is 0 Å². The molecule has 5 nitrogen and oxygen atoms in total. The van der Waals surface area contributed by atoms with Crippen LogP contribution in [0.25, 0.3) is 0 Å². The summed E-state index contributed by atoms with van der Waals surface area (Å²) in [6, 6.07) is -0.263. The molecule has 0 aromatic heterocycles. The Morgan fingerprint density at radius 3 is 2.80 bits per heavy atom. The Morgan fingerprint density at radius 2 is 2.33 bits per heavy atom. The van der Waals surface area contributed by atoms with E-state index >= 15 is 0 Å². The number of hydrogen-bond acceptors (Lipinski definition) is 5. The Morgan fingerprint density at radius 1 is 1.60 bits per heavy atom. The normalized spacial score (nSPS) is 18.3. The molecule has 1 rings (SSSR count). The maximum atomic E-state index is 11.3. The van der Waals surface area contributed by atoms with Gasteiger partial charge in [-0.25, -0.2) is 0 Å². The third kappa shape index (κ3) is 4.15. The molecule has 1 saturated heterocycles. The summed E-state index contributed by atoms with van der Waals surface area (Å²) in [7, 11) is 1.40. The second-order valence-electron chi connectivity index (χ2n) is 3.45. The Bertz CT molecular complexity index is 194. The first-order valence-corrected chi connectivity index (χ1v) is 5.28. The fourth-order valence-corrected chi connectivity index (χ4v) is 1.35. The molecule has 15 heavy (non-hydrogen) atoms. The van der Waals surface area contributed by atoms with E-state index < -0.39 is 0 Å². The van der Waals surface area contributed by atoms with E-state index in [1.807, 2.05) is 6.92 Å². The number of nitrogens with one attached hydrogen (secondary N) is 1. The molecule has 1 N–H and O–H groups in total. The molecular weight excluding hydrogens is 198 g/mol. The molecule has 0 aromatic rings. The molecule has 1 unspecified atom stereocenters. The number of rotatable bonds is 7. The minimum Gasteiger partial charge on any atom is -0.468 e. The summed E-state index contributed by atoms with van der Waals surface area (Å²) in [6.07, 6.45) is 0.849. The highest BCUT2D eigenvalue weighted by atomic mass is 16.6. The van der Waals surface area contributed by atoms with Crippen molar-refractivity contribution in [2.75, 3.05) is 33.5 Å². The second-order valence-corrected chi connectivity index (χ2v) is 3.45. The molecular formula is C10H19NO4. The molecule has 1 heterocycles. The monoisotopic (exact) mass is 217 g/mol. The van der Waals surface area contributed by atoms with Gasteiger partial charge in [-0.3, -0.25) is 4.79 Å². The van der Waals surface area contributed by atoms with Crippen molar-refractivity contribution in [3.8, 4) is 0 Å². The van der Waals surface area contributed by atoms with Crippen LogP contribution in [-0.2, 0) is 19.0 Å². The summed E-state index contributed by atoms with van der Waals surface area (Å²) in [5.74, 6) is -0.231. The number of likely N-dealkylation sites (N-methyl/N-ethyl adjacent to an activating group) is 1. The van der Waals surface area contributed by atoms with E-state index in [1.165, 1.54) is 7.11 Å². The van der Waals surface area contributed by atoms with Crippen LogP contribution < -0.4 is 5.32 Å². The number of ether oxygens (including phenoxy) is 3. The van der Waals surface area contributed by atoms with Crippen LogP contribution >= 0.6 is 0 Å². The lowest BCUT2D eigenvalue weighted by molar-refractivity contribution is -0.146. The zero-order valence-corrected chi connectivity index (χ0v) is 9.32. The Balaban J connectivity index is 2.14. The van der Waals surface area contributed by atoms with Gasteiger partial charge < -0.3 is 19.5 Å². The molecule has 0 bridgehead atoms. The van der Waals surface area contributed by atoms with Crippen LogP contribution in [0.3, 0.4) is 0 Å². The van der Waals surface area contributed by atoms with Gasteiger partial charge in [0.2, 0.25) is 0 Å². The first kappa shape index (κ1) is 12.4. The van der Waals surface area contributed by atoms with Crippen LogP contribution in [0.2, 0.25) is 0 Å². The Hall–Kier alpha value is -0.650. The molecule has 1 fully saturated rings. The van der Waals surface area contributed by atoms with E-state index in [0.717, 1.165) is 6.54 Å². The lowest BCUT2D eigenvalue weighted by Gasteiger charge is -2.26. The molecule has 1 atom stereocenters. The van der Waals surface area contributed by atoms with Crippen molar-refractivity contribution in [1.82, 2.24) is 5.32 Å². The zero-order chi connectivity index (χ0) is 11.1. The predicted octanol–water partition coefficient (Wildman–Crippen LogP) is -0.0570. The van der Waals surface area contributed by atoms with Crippen LogP contribution in [0.1, 0.15) is 13.3 Å². The quantitative estimate of drug-likeness (QED) is 0.606. The van der Waals surface area contributed by atoms with Crippen LogP contribution in [-0.4, -0.2) is 51.6 Å².